The molecule has 2 atom stereocenters. The van der Waals surface area contributed by atoms with Gasteiger partial charge in [0, 0.05) is 12.8 Å². The van der Waals surface area contributed by atoms with Gasteiger partial charge in [-0.05, 0) is 89.9 Å². The number of rotatable bonds is 75. The zero-order valence-corrected chi connectivity index (χ0v) is 59.5. The molecule has 0 rings (SSSR count). The Labute approximate surface area is 550 Å². The number of aliphatic hydroxyl groups excluding tert-OH is 2. The van der Waals surface area contributed by atoms with Gasteiger partial charge in [0.25, 0.3) is 0 Å². The smallest absolute Gasteiger partial charge is 0.305 e. The van der Waals surface area contributed by atoms with Crippen LogP contribution < -0.4 is 5.32 Å². The third-order valence-corrected chi connectivity index (χ3v) is 18.6. The van der Waals surface area contributed by atoms with Crippen molar-refractivity contribution in [2.45, 2.75) is 450 Å². The summed E-state index contributed by atoms with van der Waals surface area (Å²) in [6.07, 6.45) is 102. The highest BCUT2D eigenvalue weighted by Gasteiger charge is 2.18. The lowest BCUT2D eigenvalue weighted by Crippen LogP contribution is -2.45. The molecule has 0 aromatic rings. The Morgan fingerprint density at radius 3 is 0.875 bits per heavy atom. The molecule has 0 bridgehead atoms. The number of hydrogen-bond donors (Lipinski definition) is 3. The molecule has 0 saturated heterocycles. The molecule has 0 radical (unpaired) electrons. The third-order valence-electron chi connectivity index (χ3n) is 18.6. The lowest BCUT2D eigenvalue weighted by Gasteiger charge is -2.20. The molecule has 3 N–H and O–H groups in total. The van der Waals surface area contributed by atoms with Gasteiger partial charge in [0.15, 0.2) is 0 Å². The molecule has 0 aliphatic carbocycles. The van der Waals surface area contributed by atoms with Gasteiger partial charge in [0.1, 0.15) is 0 Å². The standard InChI is InChI=1S/C82H155NO5/c1-3-5-7-9-11-13-15-17-19-21-39-43-46-50-54-58-62-66-70-74-80(85)79(78-84)83-81(86)75-71-67-63-59-55-51-47-44-40-37-35-33-31-29-27-25-23-22-24-26-28-30-32-34-36-38-41-45-49-53-57-61-65-69-73-77-88-82(87)76-72-68-64-60-56-52-48-42-20-18-16-14-12-10-8-6-4-2/h18,20,24,26,30,32,70,74,79-80,84-85H,3-17,19,21-23,25,27-29,31,33-69,71-73,75-78H2,1-2H3,(H,83,86)/b20-18-,26-24-,32-30-,74-70+. The number of ether oxygens (including phenoxy) is 1. The van der Waals surface area contributed by atoms with E-state index in [0.29, 0.717) is 19.4 Å². The largest absolute Gasteiger partial charge is 0.466 e. The maximum atomic E-state index is 12.5. The van der Waals surface area contributed by atoms with Crippen molar-refractivity contribution >= 4 is 11.9 Å². The summed E-state index contributed by atoms with van der Waals surface area (Å²) in [4.78, 5) is 24.6. The van der Waals surface area contributed by atoms with Crippen LogP contribution >= 0.6 is 0 Å². The van der Waals surface area contributed by atoms with Crippen LogP contribution in [0.4, 0.5) is 0 Å². The molecule has 0 fully saturated rings. The third kappa shape index (κ3) is 72.9. The minimum absolute atomic E-state index is 0.0137. The number of hydrogen-bond acceptors (Lipinski definition) is 5. The first-order valence-electron chi connectivity index (χ1n) is 39.9. The van der Waals surface area contributed by atoms with Crippen molar-refractivity contribution in [3.8, 4) is 0 Å². The molecule has 0 saturated carbocycles. The molecule has 6 heteroatoms. The summed E-state index contributed by atoms with van der Waals surface area (Å²) < 4.78 is 5.51. The maximum absolute atomic E-state index is 12.5. The van der Waals surface area contributed by atoms with E-state index >= 15 is 0 Å². The van der Waals surface area contributed by atoms with Crippen LogP contribution in [0, 0.1) is 0 Å². The van der Waals surface area contributed by atoms with E-state index in [0.717, 1.165) is 51.4 Å². The van der Waals surface area contributed by atoms with Gasteiger partial charge in [-0.1, -0.05) is 383 Å². The van der Waals surface area contributed by atoms with Crippen LogP contribution in [-0.2, 0) is 14.3 Å². The van der Waals surface area contributed by atoms with Crippen LogP contribution in [0.1, 0.15) is 438 Å². The molecule has 1 amide bonds. The van der Waals surface area contributed by atoms with Crippen LogP contribution in [-0.4, -0.2) is 47.4 Å². The Kier molecular flexibility index (Phi) is 75.4. The van der Waals surface area contributed by atoms with Gasteiger partial charge in [-0.25, -0.2) is 0 Å². The monoisotopic (exact) mass is 1230 g/mol. The number of allylic oxidation sites excluding steroid dienone is 7. The second kappa shape index (κ2) is 77.3. The molecule has 518 valence electrons. The lowest BCUT2D eigenvalue weighted by molar-refractivity contribution is -0.143. The number of amides is 1. The van der Waals surface area contributed by atoms with Crippen LogP contribution in [0.5, 0.6) is 0 Å². The zero-order chi connectivity index (χ0) is 63.5. The minimum Gasteiger partial charge on any atom is -0.466 e. The van der Waals surface area contributed by atoms with Crippen molar-refractivity contribution in [1.82, 2.24) is 5.32 Å². The fourth-order valence-corrected chi connectivity index (χ4v) is 12.5. The van der Waals surface area contributed by atoms with Crippen molar-refractivity contribution in [2.24, 2.45) is 0 Å². The Hall–Kier alpha value is -2.18. The highest BCUT2D eigenvalue weighted by atomic mass is 16.5. The number of esters is 1. The average Bonchev–Trinajstić information content (AvgIpc) is 3.58. The molecule has 0 heterocycles. The van der Waals surface area contributed by atoms with Gasteiger partial charge in [0.2, 0.25) is 5.91 Å². The quantitative estimate of drug-likeness (QED) is 0.0320. The van der Waals surface area contributed by atoms with Gasteiger partial charge in [-0.2, -0.15) is 0 Å². The van der Waals surface area contributed by atoms with Crippen LogP contribution in [0.2, 0.25) is 0 Å². The van der Waals surface area contributed by atoms with Crippen molar-refractivity contribution in [3.05, 3.63) is 48.6 Å². The van der Waals surface area contributed by atoms with E-state index in [4.69, 9.17) is 4.74 Å². The minimum atomic E-state index is -0.844. The first-order chi connectivity index (χ1) is 43.5. The summed E-state index contributed by atoms with van der Waals surface area (Å²) in [5.41, 5.74) is 0. The van der Waals surface area contributed by atoms with E-state index in [9.17, 15) is 19.8 Å². The predicted octanol–water partition coefficient (Wildman–Crippen LogP) is 26.4. The second-order valence-corrected chi connectivity index (χ2v) is 27.4. The topological polar surface area (TPSA) is 95.9 Å². The van der Waals surface area contributed by atoms with Gasteiger partial charge in [-0.15, -0.1) is 0 Å². The van der Waals surface area contributed by atoms with Crippen LogP contribution in [0.25, 0.3) is 0 Å². The van der Waals surface area contributed by atoms with Gasteiger partial charge in [0.05, 0.1) is 25.4 Å². The second-order valence-electron chi connectivity index (χ2n) is 27.4. The van der Waals surface area contributed by atoms with E-state index in [1.54, 1.807) is 6.08 Å². The van der Waals surface area contributed by atoms with Crippen molar-refractivity contribution in [3.63, 3.8) is 0 Å². The summed E-state index contributed by atoms with van der Waals surface area (Å²) in [5, 5.41) is 23.3. The molecule has 88 heavy (non-hydrogen) atoms. The first-order valence-corrected chi connectivity index (χ1v) is 39.9. The molecule has 0 aromatic heterocycles. The zero-order valence-electron chi connectivity index (χ0n) is 59.5. The van der Waals surface area contributed by atoms with Crippen molar-refractivity contribution in [2.75, 3.05) is 13.2 Å². The van der Waals surface area contributed by atoms with Crippen molar-refractivity contribution < 1.29 is 24.5 Å². The molecule has 6 nitrogen and oxygen atoms in total. The summed E-state index contributed by atoms with van der Waals surface area (Å²) >= 11 is 0. The fraction of sp³-hybridized carbons (Fsp3) is 0.878. The summed E-state index contributed by atoms with van der Waals surface area (Å²) in [6, 6.07) is -0.627. The molecule has 2 unspecified atom stereocenters. The number of aliphatic hydroxyl groups is 2. The maximum Gasteiger partial charge on any atom is 0.305 e. The summed E-state index contributed by atoms with van der Waals surface area (Å²) in [5.74, 6) is -0.0483. The fourth-order valence-electron chi connectivity index (χ4n) is 12.5. The van der Waals surface area contributed by atoms with E-state index in [1.807, 2.05) is 6.08 Å². The van der Waals surface area contributed by atoms with E-state index in [2.05, 4.69) is 55.6 Å². The Morgan fingerprint density at radius 2 is 0.568 bits per heavy atom. The SMILES string of the molecule is CCCCCCCC/C=C\CCCCCCCCCC(=O)OCCCCCCCCCCCCC/C=C\C/C=C\CCCCCCCCCCCCCCCCCCCC(=O)NC(CO)C(O)/C=C/CCCCCCCCCCCCCCCCCCC. The number of carbonyl (C=O) groups excluding carboxylic acids is 2. The summed E-state index contributed by atoms with van der Waals surface area (Å²) in [6.45, 7) is 4.94. The molecule has 0 spiro atoms. The first kappa shape index (κ1) is 85.8. The van der Waals surface area contributed by atoms with Gasteiger partial charge >= 0.3 is 5.97 Å². The molecular weight excluding hydrogens is 1080 g/mol. The van der Waals surface area contributed by atoms with E-state index < -0.39 is 12.1 Å². The predicted molar refractivity (Wildman–Crippen MR) is 389 cm³/mol. The Balaban J connectivity index is 3.38. The summed E-state index contributed by atoms with van der Waals surface area (Å²) in [7, 11) is 0. The van der Waals surface area contributed by atoms with Crippen molar-refractivity contribution in [1.29, 1.82) is 0 Å². The van der Waals surface area contributed by atoms with Gasteiger partial charge in [-0.3, -0.25) is 9.59 Å². The van der Waals surface area contributed by atoms with E-state index in [1.165, 1.54) is 360 Å². The highest BCUT2D eigenvalue weighted by molar-refractivity contribution is 5.76. The Bertz CT molecular complexity index is 1470. The number of nitrogens with one attached hydrogen (secondary N) is 1. The number of unbranched alkanes of at least 4 members (excludes halogenated alkanes) is 58. The van der Waals surface area contributed by atoms with Crippen LogP contribution in [0.3, 0.4) is 0 Å². The highest BCUT2D eigenvalue weighted by Crippen LogP contribution is 2.19. The number of carbonyl (C=O) groups is 2. The molecule has 0 aromatic carbocycles. The Morgan fingerprint density at radius 1 is 0.318 bits per heavy atom. The normalized spacial score (nSPS) is 12.7. The average molecular weight is 1240 g/mol. The van der Waals surface area contributed by atoms with E-state index in [-0.39, 0.29) is 18.5 Å². The lowest BCUT2D eigenvalue weighted by atomic mass is 10.0. The van der Waals surface area contributed by atoms with Gasteiger partial charge < -0.3 is 20.3 Å². The van der Waals surface area contributed by atoms with Crippen LogP contribution in [0.15, 0.2) is 48.6 Å². The molecular formula is C82H155NO5. The molecule has 0 aliphatic rings. The molecule has 0 aliphatic heterocycles.